The minimum absolute atomic E-state index is 0.278. The number of nitrogens with one attached hydrogen (secondary N) is 1. The monoisotopic (exact) mass is 346 g/mol. The van der Waals surface area contributed by atoms with E-state index in [-0.39, 0.29) is 5.82 Å². The molecular weight excluding hydrogens is 327 g/mol. The van der Waals surface area contributed by atoms with Crippen LogP contribution in [0.1, 0.15) is 11.1 Å². The average Bonchev–Trinajstić information content (AvgIpc) is 2.93. The number of aromatic nitrogens is 1. The van der Waals surface area contributed by atoms with Crippen LogP contribution in [0.3, 0.4) is 0 Å². The Balaban J connectivity index is 1.91. The molecule has 0 saturated carbocycles. The number of hydrogen-bond acceptors (Lipinski definition) is 2. The van der Waals surface area contributed by atoms with Crippen molar-refractivity contribution in [2.24, 2.45) is 0 Å². The quantitative estimate of drug-likeness (QED) is 0.648. The maximum atomic E-state index is 14.1. The van der Waals surface area contributed by atoms with Gasteiger partial charge in [-0.1, -0.05) is 35.9 Å². The Bertz CT molecular complexity index is 811. The molecule has 3 nitrogen and oxygen atoms in total. The lowest BCUT2D eigenvalue weighted by Gasteiger charge is -2.08. The molecule has 1 N–H and O–H groups in total. The first-order valence-corrected chi connectivity index (χ1v) is 8.28. The summed E-state index contributed by atoms with van der Waals surface area (Å²) >= 11 is 6.18. The second-order valence-corrected chi connectivity index (χ2v) is 6.08. The summed E-state index contributed by atoms with van der Waals surface area (Å²) < 4.78 is 21.2. The van der Waals surface area contributed by atoms with E-state index in [0.29, 0.717) is 23.7 Å². The maximum Gasteiger partial charge on any atom is 0.129 e. The number of benzene rings is 2. The predicted octanol–water partition coefficient (Wildman–Crippen LogP) is 4.22. The summed E-state index contributed by atoms with van der Waals surface area (Å²) in [4.78, 5) is 0. The van der Waals surface area contributed by atoms with Crippen LogP contribution in [0.25, 0.3) is 10.9 Å². The fraction of sp³-hybridized carbons (Fsp3) is 0.263. The summed E-state index contributed by atoms with van der Waals surface area (Å²) in [6.45, 7) is 2.60. The molecule has 1 heterocycles. The largest absolute Gasteiger partial charge is 0.383 e. The number of ether oxygens (including phenoxy) is 1. The normalized spacial score (nSPS) is 11.3. The Kier molecular flexibility index (Phi) is 5.51. The number of nitrogens with zero attached hydrogens (tertiary/aromatic N) is 1. The Morgan fingerprint density at radius 1 is 1.17 bits per heavy atom. The van der Waals surface area contributed by atoms with Crippen molar-refractivity contribution in [3.63, 3.8) is 0 Å². The molecule has 0 spiro atoms. The van der Waals surface area contributed by atoms with Crippen LogP contribution in [0.4, 0.5) is 4.39 Å². The first-order valence-electron chi connectivity index (χ1n) is 7.90. The number of methoxy groups -OCH3 is 1. The molecule has 0 unspecified atom stereocenters. The zero-order valence-electron chi connectivity index (χ0n) is 13.6. The molecule has 0 fully saturated rings. The van der Waals surface area contributed by atoms with Gasteiger partial charge in [-0.05, 0) is 23.8 Å². The van der Waals surface area contributed by atoms with Gasteiger partial charge in [0.05, 0.1) is 13.2 Å². The van der Waals surface area contributed by atoms with E-state index < -0.39 is 0 Å². The van der Waals surface area contributed by atoms with Gasteiger partial charge in [0.15, 0.2) is 0 Å². The molecule has 0 radical (unpaired) electrons. The fourth-order valence-electron chi connectivity index (χ4n) is 2.85. The van der Waals surface area contributed by atoms with Gasteiger partial charge < -0.3 is 14.6 Å². The highest BCUT2D eigenvalue weighted by Crippen LogP contribution is 2.25. The Labute approximate surface area is 146 Å². The topological polar surface area (TPSA) is 26.2 Å². The van der Waals surface area contributed by atoms with Crippen LogP contribution in [0.15, 0.2) is 48.7 Å². The van der Waals surface area contributed by atoms with E-state index in [2.05, 4.69) is 17.6 Å². The molecule has 24 heavy (non-hydrogen) atoms. The van der Waals surface area contributed by atoms with Crippen molar-refractivity contribution in [2.75, 3.05) is 20.3 Å². The SMILES string of the molecule is COCCNCc1cn(Cc2c(F)cccc2Cl)c2ccccc12. The van der Waals surface area contributed by atoms with E-state index in [1.54, 1.807) is 19.2 Å². The molecule has 5 heteroatoms. The molecule has 0 aliphatic heterocycles. The van der Waals surface area contributed by atoms with Gasteiger partial charge in [0.1, 0.15) is 5.82 Å². The first kappa shape index (κ1) is 17.0. The van der Waals surface area contributed by atoms with Crippen molar-refractivity contribution in [3.8, 4) is 0 Å². The molecular formula is C19H20ClFN2O. The van der Waals surface area contributed by atoms with Gasteiger partial charge in [0.2, 0.25) is 0 Å². The molecule has 0 aliphatic rings. The van der Waals surface area contributed by atoms with E-state index in [1.165, 1.54) is 11.6 Å². The van der Waals surface area contributed by atoms with Gasteiger partial charge in [0, 0.05) is 47.9 Å². The van der Waals surface area contributed by atoms with Crippen LogP contribution >= 0.6 is 11.6 Å². The van der Waals surface area contributed by atoms with Crippen LogP contribution in [-0.4, -0.2) is 24.8 Å². The van der Waals surface area contributed by atoms with Gasteiger partial charge in [-0.2, -0.15) is 0 Å². The zero-order valence-corrected chi connectivity index (χ0v) is 14.3. The summed E-state index contributed by atoms with van der Waals surface area (Å²) in [6.07, 6.45) is 2.06. The lowest BCUT2D eigenvalue weighted by atomic mass is 10.2. The average molecular weight is 347 g/mol. The van der Waals surface area contributed by atoms with Crippen LogP contribution in [0, 0.1) is 5.82 Å². The lowest BCUT2D eigenvalue weighted by Crippen LogP contribution is -2.18. The third-order valence-electron chi connectivity index (χ3n) is 4.06. The van der Waals surface area contributed by atoms with E-state index >= 15 is 0 Å². The highest BCUT2D eigenvalue weighted by Gasteiger charge is 2.12. The minimum Gasteiger partial charge on any atom is -0.383 e. The molecule has 1 aromatic heterocycles. The van der Waals surface area contributed by atoms with Gasteiger partial charge in [-0.3, -0.25) is 0 Å². The molecule has 126 valence electrons. The standard InChI is InChI=1S/C19H20ClFN2O/c1-24-10-9-22-11-14-12-23(19-8-3-2-5-15(14)19)13-16-17(20)6-4-7-18(16)21/h2-8,12,22H,9-11,13H2,1H3. The van der Waals surface area contributed by atoms with E-state index in [0.717, 1.165) is 24.0 Å². The number of halogens is 2. The molecule has 0 aliphatic carbocycles. The summed E-state index contributed by atoms with van der Waals surface area (Å²) in [5, 5.41) is 4.97. The predicted molar refractivity (Wildman–Crippen MR) is 96.0 cm³/mol. The van der Waals surface area contributed by atoms with Crippen molar-refractivity contribution >= 4 is 22.5 Å². The highest BCUT2D eigenvalue weighted by molar-refractivity contribution is 6.31. The third-order valence-corrected chi connectivity index (χ3v) is 4.41. The molecule has 2 aromatic carbocycles. The van der Waals surface area contributed by atoms with Crippen LogP contribution < -0.4 is 5.32 Å². The second-order valence-electron chi connectivity index (χ2n) is 5.67. The molecule has 0 atom stereocenters. The van der Waals surface area contributed by atoms with Crippen molar-refractivity contribution in [1.82, 2.24) is 9.88 Å². The van der Waals surface area contributed by atoms with E-state index in [1.807, 2.05) is 22.8 Å². The third kappa shape index (κ3) is 3.61. The van der Waals surface area contributed by atoms with Crippen molar-refractivity contribution in [3.05, 3.63) is 70.6 Å². The smallest absolute Gasteiger partial charge is 0.129 e. The number of hydrogen-bond donors (Lipinski definition) is 1. The van der Waals surface area contributed by atoms with Crippen LogP contribution in [0.5, 0.6) is 0 Å². The van der Waals surface area contributed by atoms with Crippen molar-refractivity contribution in [2.45, 2.75) is 13.1 Å². The van der Waals surface area contributed by atoms with Gasteiger partial charge >= 0.3 is 0 Å². The van der Waals surface area contributed by atoms with Crippen LogP contribution in [0.2, 0.25) is 5.02 Å². The minimum atomic E-state index is -0.278. The van der Waals surface area contributed by atoms with Gasteiger partial charge in [0.25, 0.3) is 0 Å². The first-order chi connectivity index (χ1) is 11.7. The maximum absolute atomic E-state index is 14.1. The molecule has 0 saturated heterocycles. The number of para-hydroxylation sites is 1. The highest BCUT2D eigenvalue weighted by atomic mass is 35.5. The Morgan fingerprint density at radius 3 is 2.79 bits per heavy atom. The lowest BCUT2D eigenvalue weighted by molar-refractivity contribution is 0.199. The van der Waals surface area contributed by atoms with Crippen LogP contribution in [-0.2, 0) is 17.8 Å². The number of rotatable bonds is 7. The number of fused-ring (bicyclic) bond motifs is 1. The van der Waals surface area contributed by atoms with Crippen molar-refractivity contribution in [1.29, 1.82) is 0 Å². The summed E-state index contributed by atoms with van der Waals surface area (Å²) in [6, 6.07) is 12.9. The molecule has 0 amide bonds. The van der Waals surface area contributed by atoms with E-state index in [4.69, 9.17) is 16.3 Å². The zero-order chi connectivity index (χ0) is 16.9. The fourth-order valence-corrected chi connectivity index (χ4v) is 3.07. The van der Waals surface area contributed by atoms with Gasteiger partial charge in [-0.25, -0.2) is 4.39 Å². The summed E-state index contributed by atoms with van der Waals surface area (Å²) in [5.41, 5.74) is 2.76. The Morgan fingerprint density at radius 2 is 2.00 bits per heavy atom. The molecule has 3 rings (SSSR count). The van der Waals surface area contributed by atoms with E-state index in [9.17, 15) is 4.39 Å². The summed E-state index contributed by atoms with van der Waals surface area (Å²) in [5.74, 6) is -0.278. The van der Waals surface area contributed by atoms with Crippen molar-refractivity contribution < 1.29 is 9.13 Å². The molecule has 3 aromatic rings. The molecule has 0 bridgehead atoms. The summed E-state index contributed by atoms with van der Waals surface area (Å²) in [7, 11) is 1.69. The Hall–Kier alpha value is -1.88. The second kappa shape index (κ2) is 7.79. The van der Waals surface area contributed by atoms with Gasteiger partial charge in [-0.15, -0.1) is 0 Å².